The molecule has 1 saturated carbocycles. The fraction of sp³-hybridized carbons (Fsp3) is 0.727. The quantitative estimate of drug-likeness (QED) is 0.832. The van der Waals surface area contributed by atoms with E-state index in [4.69, 9.17) is 4.74 Å². The van der Waals surface area contributed by atoms with E-state index in [2.05, 4.69) is 14.7 Å². The van der Waals surface area contributed by atoms with Gasteiger partial charge < -0.3 is 10.1 Å². The fourth-order valence-corrected chi connectivity index (χ4v) is 4.23. The van der Waals surface area contributed by atoms with Crippen molar-refractivity contribution in [2.24, 2.45) is 0 Å². The molecule has 0 aromatic carbocycles. The predicted octanol–water partition coefficient (Wildman–Crippen LogP) is 1.70. The second-order valence-corrected chi connectivity index (χ2v) is 6.57. The van der Waals surface area contributed by atoms with Crippen molar-refractivity contribution in [3.63, 3.8) is 0 Å². The van der Waals surface area contributed by atoms with E-state index in [0.29, 0.717) is 11.9 Å². The molecule has 2 unspecified atom stereocenters. The first-order chi connectivity index (χ1) is 8.70. The maximum absolute atomic E-state index is 12.0. The first-order valence-corrected chi connectivity index (χ1v) is 7.65. The molecule has 0 bridgehead atoms. The minimum Gasteiger partial charge on any atom is -0.465 e. The van der Waals surface area contributed by atoms with Gasteiger partial charge in [0, 0.05) is 5.25 Å². The van der Waals surface area contributed by atoms with Crippen LogP contribution < -0.4 is 5.32 Å². The van der Waals surface area contributed by atoms with Gasteiger partial charge in [0.05, 0.1) is 6.61 Å². The largest absolute Gasteiger partial charge is 0.465 e. The van der Waals surface area contributed by atoms with E-state index < -0.39 is 5.54 Å². The van der Waals surface area contributed by atoms with Gasteiger partial charge in [0.1, 0.15) is 11.9 Å². The van der Waals surface area contributed by atoms with Gasteiger partial charge in [0.15, 0.2) is 4.34 Å². The zero-order chi connectivity index (χ0) is 13.0. The third-order valence-electron chi connectivity index (χ3n) is 3.22. The lowest BCUT2D eigenvalue weighted by molar-refractivity contribution is -0.150. The first-order valence-electron chi connectivity index (χ1n) is 5.99. The molecule has 0 spiro atoms. The number of hydrogen-bond donors (Lipinski definition) is 1. The molecule has 0 radical (unpaired) electrons. The molecule has 2 rings (SSSR count). The molecule has 7 heteroatoms. The second kappa shape index (κ2) is 5.99. The van der Waals surface area contributed by atoms with Crippen LogP contribution in [0.3, 0.4) is 0 Å². The molecule has 100 valence electrons. The standard InChI is InChI=1S/C11H17N3O2S2/c1-3-16-9(15)11(12-2)5-4-8(6-11)17-10-13-7-14-18-10/h7-8,12H,3-6H2,1-2H3. The molecule has 0 saturated heterocycles. The molecule has 0 aliphatic heterocycles. The Labute approximate surface area is 115 Å². The molecule has 1 aliphatic carbocycles. The third kappa shape index (κ3) is 2.84. The Balaban J connectivity index is 1.98. The van der Waals surface area contributed by atoms with Crippen LogP contribution in [0.1, 0.15) is 26.2 Å². The summed E-state index contributed by atoms with van der Waals surface area (Å²) in [5, 5.41) is 3.55. The molecule has 5 nitrogen and oxygen atoms in total. The smallest absolute Gasteiger partial charge is 0.326 e. The number of hydrogen-bond acceptors (Lipinski definition) is 7. The molecule has 0 amide bonds. The minimum absolute atomic E-state index is 0.132. The summed E-state index contributed by atoms with van der Waals surface area (Å²) >= 11 is 3.11. The number of ether oxygens (including phenoxy) is 1. The van der Waals surface area contributed by atoms with Crippen molar-refractivity contribution in [2.45, 2.75) is 41.3 Å². The normalized spacial score (nSPS) is 27.3. The number of nitrogens with one attached hydrogen (secondary N) is 1. The molecule has 18 heavy (non-hydrogen) atoms. The van der Waals surface area contributed by atoms with Crippen LogP contribution in [0.15, 0.2) is 10.7 Å². The highest BCUT2D eigenvalue weighted by molar-refractivity contribution is 8.01. The van der Waals surface area contributed by atoms with Gasteiger partial charge in [0.2, 0.25) is 0 Å². The maximum Gasteiger partial charge on any atom is 0.326 e. The maximum atomic E-state index is 12.0. The number of thioether (sulfide) groups is 1. The van der Waals surface area contributed by atoms with Gasteiger partial charge in [-0.05, 0) is 44.8 Å². The van der Waals surface area contributed by atoms with Crippen LogP contribution in [0.2, 0.25) is 0 Å². The molecule has 2 atom stereocenters. The Bertz CT molecular complexity index is 399. The Kier molecular flexibility index (Phi) is 4.58. The Hall–Kier alpha value is -0.660. The van der Waals surface area contributed by atoms with Gasteiger partial charge in [-0.2, -0.15) is 4.37 Å². The summed E-state index contributed by atoms with van der Waals surface area (Å²) in [6.07, 6.45) is 4.16. The third-order valence-corrected chi connectivity index (χ3v) is 5.24. The highest BCUT2D eigenvalue weighted by Gasteiger charge is 2.45. The van der Waals surface area contributed by atoms with Crippen LogP contribution in [-0.4, -0.2) is 39.8 Å². The van der Waals surface area contributed by atoms with Gasteiger partial charge in [-0.1, -0.05) is 11.8 Å². The zero-order valence-corrected chi connectivity index (χ0v) is 12.1. The summed E-state index contributed by atoms with van der Waals surface area (Å²) in [6.45, 7) is 2.26. The van der Waals surface area contributed by atoms with Crippen LogP contribution in [0.4, 0.5) is 0 Å². The van der Waals surface area contributed by atoms with Gasteiger partial charge in [-0.25, -0.2) is 4.98 Å². The van der Waals surface area contributed by atoms with Gasteiger partial charge in [-0.15, -0.1) is 0 Å². The van der Waals surface area contributed by atoms with E-state index in [9.17, 15) is 4.79 Å². The van der Waals surface area contributed by atoms with Crippen LogP contribution >= 0.6 is 23.3 Å². The van der Waals surface area contributed by atoms with E-state index in [1.165, 1.54) is 11.5 Å². The summed E-state index contributed by atoms with van der Waals surface area (Å²) in [6, 6.07) is 0. The number of rotatable bonds is 5. The number of carbonyl (C=O) groups excluding carboxylic acids is 1. The van der Waals surface area contributed by atoms with Crippen LogP contribution in [0.25, 0.3) is 0 Å². The van der Waals surface area contributed by atoms with Crippen molar-refractivity contribution in [3.8, 4) is 0 Å². The lowest BCUT2D eigenvalue weighted by Crippen LogP contribution is -2.49. The van der Waals surface area contributed by atoms with Gasteiger partial charge in [-0.3, -0.25) is 4.79 Å². The van der Waals surface area contributed by atoms with Crippen LogP contribution in [0.5, 0.6) is 0 Å². The van der Waals surface area contributed by atoms with E-state index in [1.807, 2.05) is 14.0 Å². The minimum atomic E-state index is -0.516. The molecular formula is C11H17N3O2S2. The van der Waals surface area contributed by atoms with Crippen LogP contribution in [0, 0.1) is 0 Å². The molecular weight excluding hydrogens is 270 g/mol. The average Bonchev–Trinajstić information content (AvgIpc) is 3.00. The SMILES string of the molecule is CCOC(=O)C1(NC)CCC(Sc2ncns2)C1. The van der Waals surface area contributed by atoms with E-state index >= 15 is 0 Å². The zero-order valence-electron chi connectivity index (χ0n) is 10.5. The summed E-state index contributed by atoms with van der Waals surface area (Å²) in [4.78, 5) is 16.2. The second-order valence-electron chi connectivity index (χ2n) is 4.24. The van der Waals surface area contributed by atoms with Crippen molar-refractivity contribution >= 4 is 29.3 Å². The lowest BCUT2D eigenvalue weighted by Gasteiger charge is -2.26. The van der Waals surface area contributed by atoms with Crippen molar-refractivity contribution in [1.82, 2.24) is 14.7 Å². The van der Waals surface area contributed by atoms with Crippen molar-refractivity contribution in [1.29, 1.82) is 0 Å². The fourth-order valence-electron chi connectivity index (χ4n) is 2.24. The summed E-state index contributed by atoms with van der Waals surface area (Å²) in [5.74, 6) is -0.132. The molecule has 1 fully saturated rings. The Morgan fingerprint density at radius 1 is 1.78 bits per heavy atom. The molecule has 1 aliphatic rings. The van der Waals surface area contributed by atoms with Gasteiger partial charge >= 0.3 is 5.97 Å². The van der Waals surface area contributed by atoms with Gasteiger partial charge in [0.25, 0.3) is 0 Å². The topological polar surface area (TPSA) is 64.1 Å². The van der Waals surface area contributed by atoms with Crippen molar-refractivity contribution < 1.29 is 9.53 Å². The monoisotopic (exact) mass is 287 g/mol. The Morgan fingerprint density at radius 2 is 2.61 bits per heavy atom. The highest BCUT2D eigenvalue weighted by atomic mass is 32.2. The highest BCUT2D eigenvalue weighted by Crippen LogP contribution is 2.40. The first kappa shape index (κ1) is 13.8. The summed E-state index contributed by atoms with van der Waals surface area (Å²) < 4.78 is 10.1. The average molecular weight is 287 g/mol. The molecule has 1 heterocycles. The van der Waals surface area contributed by atoms with Crippen LogP contribution in [-0.2, 0) is 9.53 Å². The van der Waals surface area contributed by atoms with Crippen molar-refractivity contribution in [2.75, 3.05) is 13.7 Å². The summed E-state index contributed by atoms with van der Waals surface area (Å²) in [7, 11) is 1.83. The van der Waals surface area contributed by atoms with E-state index in [0.717, 1.165) is 23.6 Å². The lowest BCUT2D eigenvalue weighted by atomic mass is 9.98. The van der Waals surface area contributed by atoms with E-state index in [-0.39, 0.29) is 5.97 Å². The molecule has 1 aromatic heterocycles. The van der Waals surface area contributed by atoms with E-state index in [1.54, 1.807) is 18.1 Å². The predicted molar refractivity (Wildman–Crippen MR) is 71.8 cm³/mol. The number of carbonyl (C=O) groups is 1. The number of nitrogens with zero attached hydrogens (tertiary/aromatic N) is 2. The Morgan fingerprint density at radius 3 is 3.22 bits per heavy atom. The number of likely N-dealkylation sites (N-methyl/N-ethyl adjacent to an activating group) is 1. The number of esters is 1. The van der Waals surface area contributed by atoms with Crippen molar-refractivity contribution in [3.05, 3.63) is 6.33 Å². The molecule has 1 aromatic rings. The summed E-state index contributed by atoms with van der Waals surface area (Å²) in [5.41, 5.74) is -0.516. The molecule has 1 N–H and O–H groups in total. The number of aromatic nitrogens is 2.